The van der Waals surface area contributed by atoms with Gasteiger partial charge in [0.25, 0.3) is 0 Å². The average molecular weight is 452 g/mol. The molecular formula is C23H26ClN7O. The lowest BCUT2D eigenvalue weighted by molar-refractivity contribution is 0.618. The quantitative estimate of drug-likeness (QED) is 0.408. The van der Waals surface area contributed by atoms with Gasteiger partial charge in [-0.05, 0) is 47.2 Å². The van der Waals surface area contributed by atoms with E-state index in [0.717, 1.165) is 53.6 Å². The lowest BCUT2D eigenvalue weighted by atomic mass is 10.00. The molecular weight excluding hydrogens is 426 g/mol. The van der Waals surface area contributed by atoms with Gasteiger partial charge in [-0.3, -0.25) is 14.1 Å². The molecule has 3 heterocycles. The minimum Gasteiger partial charge on any atom is -0.290 e. The van der Waals surface area contributed by atoms with E-state index in [0.29, 0.717) is 24.1 Å². The van der Waals surface area contributed by atoms with E-state index in [1.807, 2.05) is 41.8 Å². The Hall–Kier alpha value is -3.26. The van der Waals surface area contributed by atoms with Crippen LogP contribution in [0.3, 0.4) is 0 Å². The van der Waals surface area contributed by atoms with Crippen molar-refractivity contribution in [1.82, 2.24) is 34.7 Å². The molecule has 0 unspecified atom stereocenters. The van der Waals surface area contributed by atoms with Gasteiger partial charge in [0.15, 0.2) is 0 Å². The first-order chi connectivity index (χ1) is 15.6. The summed E-state index contributed by atoms with van der Waals surface area (Å²) in [5.74, 6) is 0.496. The van der Waals surface area contributed by atoms with Crippen molar-refractivity contribution in [2.24, 2.45) is 0 Å². The van der Waals surface area contributed by atoms with Crippen LogP contribution in [0.15, 0.2) is 47.5 Å². The zero-order valence-corrected chi connectivity index (χ0v) is 19.0. The van der Waals surface area contributed by atoms with Crippen LogP contribution in [0.2, 0.25) is 5.15 Å². The van der Waals surface area contributed by atoms with Crippen molar-refractivity contribution in [2.45, 2.75) is 52.6 Å². The lowest BCUT2D eigenvalue weighted by Gasteiger charge is -2.10. The van der Waals surface area contributed by atoms with E-state index < -0.39 is 0 Å². The zero-order chi connectivity index (χ0) is 22.5. The molecule has 3 aromatic heterocycles. The molecule has 0 aliphatic rings. The number of aromatic nitrogens is 7. The van der Waals surface area contributed by atoms with Gasteiger partial charge in [-0.2, -0.15) is 5.21 Å². The number of hydrogen-bond acceptors (Lipinski definition) is 5. The number of nitrogens with one attached hydrogen (secondary N) is 1. The number of tetrazole rings is 1. The molecule has 0 bridgehead atoms. The fraction of sp³-hybridized carbons (Fsp3) is 0.348. The van der Waals surface area contributed by atoms with Crippen molar-refractivity contribution in [3.63, 3.8) is 0 Å². The molecule has 0 spiro atoms. The van der Waals surface area contributed by atoms with Crippen LogP contribution in [0.5, 0.6) is 0 Å². The Morgan fingerprint density at radius 3 is 2.53 bits per heavy atom. The summed E-state index contributed by atoms with van der Waals surface area (Å²) in [5.41, 5.74) is 4.69. The third-order valence-corrected chi connectivity index (χ3v) is 5.91. The number of aromatic amines is 1. The first-order valence-corrected chi connectivity index (χ1v) is 11.3. The van der Waals surface area contributed by atoms with Crippen molar-refractivity contribution in [3.05, 3.63) is 69.6 Å². The maximum absolute atomic E-state index is 13.0. The Bertz CT molecular complexity index is 1230. The SMILES string of the molecule is CCCCc1c(Cl)n(CCC)c(=O)n1Cc1ccc(-c2ccncc2-c2nn[nH]n2)cc1. The lowest BCUT2D eigenvalue weighted by Crippen LogP contribution is -2.25. The Morgan fingerprint density at radius 2 is 1.84 bits per heavy atom. The van der Waals surface area contributed by atoms with Gasteiger partial charge in [-0.25, -0.2) is 4.79 Å². The molecule has 0 radical (unpaired) electrons. The summed E-state index contributed by atoms with van der Waals surface area (Å²) in [7, 11) is 0. The van der Waals surface area contributed by atoms with E-state index in [4.69, 9.17) is 11.6 Å². The minimum atomic E-state index is -0.0412. The van der Waals surface area contributed by atoms with Crippen LogP contribution in [0.25, 0.3) is 22.5 Å². The fourth-order valence-corrected chi connectivity index (χ4v) is 4.20. The maximum atomic E-state index is 13.0. The zero-order valence-electron chi connectivity index (χ0n) is 18.3. The second-order valence-corrected chi connectivity index (χ2v) is 8.07. The van der Waals surface area contributed by atoms with Crippen molar-refractivity contribution in [2.75, 3.05) is 0 Å². The molecule has 0 amide bonds. The molecule has 1 aromatic carbocycles. The van der Waals surface area contributed by atoms with E-state index in [2.05, 4.69) is 32.5 Å². The highest BCUT2D eigenvalue weighted by Gasteiger charge is 2.18. The van der Waals surface area contributed by atoms with Crippen LogP contribution in [0, 0.1) is 0 Å². The third-order valence-electron chi connectivity index (χ3n) is 5.49. The maximum Gasteiger partial charge on any atom is 0.329 e. The van der Waals surface area contributed by atoms with Crippen LogP contribution < -0.4 is 5.69 Å². The van der Waals surface area contributed by atoms with E-state index in [1.54, 1.807) is 17.0 Å². The van der Waals surface area contributed by atoms with Gasteiger partial charge < -0.3 is 0 Å². The van der Waals surface area contributed by atoms with Gasteiger partial charge in [0.2, 0.25) is 5.82 Å². The molecule has 0 saturated carbocycles. The van der Waals surface area contributed by atoms with E-state index >= 15 is 0 Å². The fourth-order valence-electron chi connectivity index (χ4n) is 3.85. The highest BCUT2D eigenvalue weighted by atomic mass is 35.5. The summed E-state index contributed by atoms with van der Waals surface area (Å²) in [6, 6.07) is 10.1. The number of hydrogen-bond donors (Lipinski definition) is 1. The molecule has 0 saturated heterocycles. The monoisotopic (exact) mass is 451 g/mol. The minimum absolute atomic E-state index is 0.0412. The predicted octanol–water partition coefficient (Wildman–Crippen LogP) is 4.35. The van der Waals surface area contributed by atoms with Gasteiger partial charge >= 0.3 is 5.69 Å². The summed E-state index contributed by atoms with van der Waals surface area (Å²) < 4.78 is 3.51. The molecule has 0 aliphatic carbocycles. The molecule has 1 N–H and O–H groups in total. The standard InChI is InChI=1S/C23H26ClN7O/c1-3-5-6-20-21(24)30(13-4-2)23(32)31(20)15-16-7-9-17(10-8-16)18-11-12-25-14-19(18)22-26-28-29-27-22/h7-12,14H,3-6,13,15H2,1-2H3,(H,26,27,28,29). The predicted molar refractivity (Wildman–Crippen MR) is 125 cm³/mol. The molecule has 0 fully saturated rings. The Morgan fingerprint density at radius 1 is 1.03 bits per heavy atom. The van der Waals surface area contributed by atoms with Crippen LogP contribution in [0.4, 0.5) is 0 Å². The van der Waals surface area contributed by atoms with E-state index in [9.17, 15) is 4.79 Å². The summed E-state index contributed by atoms with van der Waals surface area (Å²) in [5, 5.41) is 14.8. The number of halogens is 1. The molecule has 0 atom stereocenters. The molecule has 0 aliphatic heterocycles. The highest BCUT2D eigenvalue weighted by Crippen LogP contribution is 2.29. The van der Waals surface area contributed by atoms with Gasteiger partial charge in [-0.1, -0.05) is 56.1 Å². The Balaban J connectivity index is 1.65. The summed E-state index contributed by atoms with van der Waals surface area (Å²) >= 11 is 6.60. The number of imidazole rings is 1. The van der Waals surface area contributed by atoms with E-state index in [-0.39, 0.29) is 5.69 Å². The van der Waals surface area contributed by atoms with Crippen LogP contribution in [0.1, 0.15) is 44.4 Å². The molecule has 8 nitrogen and oxygen atoms in total. The average Bonchev–Trinajstić information content (AvgIpc) is 3.43. The van der Waals surface area contributed by atoms with Gasteiger partial charge in [0, 0.05) is 24.5 Å². The number of nitrogens with zero attached hydrogens (tertiary/aromatic N) is 6. The van der Waals surface area contributed by atoms with Gasteiger partial charge in [-0.15, -0.1) is 10.2 Å². The van der Waals surface area contributed by atoms with Crippen molar-refractivity contribution >= 4 is 11.6 Å². The normalized spacial score (nSPS) is 11.2. The van der Waals surface area contributed by atoms with Crippen molar-refractivity contribution in [1.29, 1.82) is 0 Å². The number of pyridine rings is 1. The largest absolute Gasteiger partial charge is 0.329 e. The topological polar surface area (TPSA) is 94.3 Å². The van der Waals surface area contributed by atoms with Gasteiger partial charge in [0.1, 0.15) is 5.15 Å². The molecule has 9 heteroatoms. The number of rotatable bonds is 9. The second-order valence-electron chi connectivity index (χ2n) is 7.72. The Kier molecular flexibility index (Phi) is 6.80. The number of benzene rings is 1. The van der Waals surface area contributed by atoms with Crippen LogP contribution in [-0.4, -0.2) is 34.7 Å². The molecule has 32 heavy (non-hydrogen) atoms. The first kappa shape index (κ1) is 22.0. The van der Waals surface area contributed by atoms with Gasteiger partial charge in [0.05, 0.1) is 12.2 Å². The molecule has 166 valence electrons. The summed E-state index contributed by atoms with van der Waals surface area (Å²) in [4.78, 5) is 17.2. The summed E-state index contributed by atoms with van der Waals surface area (Å²) in [6.07, 6.45) is 7.17. The van der Waals surface area contributed by atoms with E-state index in [1.165, 1.54) is 0 Å². The highest BCUT2D eigenvalue weighted by molar-refractivity contribution is 6.30. The van der Waals surface area contributed by atoms with Crippen molar-refractivity contribution in [3.8, 4) is 22.5 Å². The second kappa shape index (κ2) is 9.91. The smallest absolute Gasteiger partial charge is 0.290 e. The molecule has 4 aromatic rings. The number of unbranched alkanes of at least 4 members (excludes halogenated alkanes) is 1. The third kappa shape index (κ3) is 4.36. The first-order valence-electron chi connectivity index (χ1n) is 10.9. The molecule has 4 rings (SSSR count). The number of H-pyrrole nitrogens is 1. The van der Waals surface area contributed by atoms with Crippen LogP contribution >= 0.6 is 11.6 Å². The summed E-state index contributed by atoms with van der Waals surface area (Å²) in [6.45, 7) is 5.30. The van der Waals surface area contributed by atoms with Crippen LogP contribution in [-0.2, 0) is 19.5 Å². The Labute approximate surface area is 191 Å². The van der Waals surface area contributed by atoms with Crippen molar-refractivity contribution < 1.29 is 0 Å².